The molecule has 4 aromatic rings. The van der Waals surface area contributed by atoms with E-state index in [2.05, 4.69) is 10.6 Å². The van der Waals surface area contributed by atoms with Gasteiger partial charge in [-0.3, -0.25) is 14.5 Å². The average Bonchev–Trinajstić information content (AvgIpc) is 3.18. The van der Waals surface area contributed by atoms with Crippen molar-refractivity contribution in [3.63, 3.8) is 0 Å². The molecule has 48 heavy (non-hydrogen) atoms. The van der Waals surface area contributed by atoms with Crippen molar-refractivity contribution in [3.8, 4) is 0 Å². The third kappa shape index (κ3) is 7.87. The van der Waals surface area contributed by atoms with Crippen LogP contribution in [-0.2, 0) is 20.9 Å². The summed E-state index contributed by atoms with van der Waals surface area (Å²) in [6.45, 7) is 4.89. The normalized spacial score (nSPS) is 14.0. The number of ether oxygens (including phenoxy) is 2. The highest BCUT2D eigenvalue weighted by Gasteiger charge is 2.38. The van der Waals surface area contributed by atoms with E-state index in [1.54, 1.807) is 55.5 Å². The molecule has 0 radical (unpaired) electrons. The molecule has 246 valence electrons. The number of hydrogen-bond acceptors (Lipinski definition) is 7. The van der Waals surface area contributed by atoms with E-state index in [9.17, 15) is 24.0 Å². The molecule has 1 unspecified atom stereocenters. The number of urea groups is 1. The number of rotatable bonds is 9. The van der Waals surface area contributed by atoms with Gasteiger partial charge in [-0.1, -0.05) is 66.7 Å². The molecule has 4 amide bonds. The smallest absolute Gasteiger partial charge is 0.414 e. The van der Waals surface area contributed by atoms with Crippen LogP contribution in [0, 0.1) is 13.8 Å². The lowest BCUT2D eigenvalue weighted by Crippen LogP contribution is -2.54. The highest BCUT2D eigenvalue weighted by Crippen LogP contribution is 2.35. The Balaban J connectivity index is 1.47. The van der Waals surface area contributed by atoms with Gasteiger partial charge >= 0.3 is 18.1 Å². The third-order valence-electron chi connectivity index (χ3n) is 7.75. The number of aryl methyl sites for hydroxylation is 2. The second kappa shape index (κ2) is 15.1. The first-order chi connectivity index (χ1) is 23.1. The summed E-state index contributed by atoms with van der Waals surface area (Å²) in [5, 5.41) is 5.32. The summed E-state index contributed by atoms with van der Waals surface area (Å²) in [7, 11) is 0. The Morgan fingerprint density at radius 1 is 0.833 bits per heavy atom. The van der Waals surface area contributed by atoms with Gasteiger partial charge in [-0.15, -0.1) is 0 Å². The maximum absolute atomic E-state index is 14.3. The first-order valence-electron chi connectivity index (χ1n) is 15.5. The summed E-state index contributed by atoms with van der Waals surface area (Å²) >= 11 is 0. The highest BCUT2D eigenvalue weighted by molar-refractivity contribution is 6.12. The SMILES string of the molecule is CCOC(=O)c1cccc(NC(=O)NC2CN(C(=O)OCc3ccccc3)c3ccc(C)cc3N(CC(=O)c3ccccc3C)C2=O)c1. The minimum atomic E-state index is -1.29. The van der Waals surface area contributed by atoms with Crippen molar-refractivity contribution in [3.05, 3.63) is 125 Å². The molecule has 1 aliphatic rings. The fourth-order valence-corrected chi connectivity index (χ4v) is 5.36. The van der Waals surface area contributed by atoms with E-state index in [1.807, 2.05) is 56.3 Å². The topological polar surface area (TPSA) is 134 Å². The number of amides is 4. The molecule has 2 N–H and O–H groups in total. The third-order valence-corrected chi connectivity index (χ3v) is 7.75. The Kier molecular flexibility index (Phi) is 10.5. The van der Waals surface area contributed by atoms with Crippen molar-refractivity contribution >= 4 is 46.8 Å². The lowest BCUT2D eigenvalue weighted by atomic mass is 10.0. The van der Waals surface area contributed by atoms with Crippen LogP contribution < -0.4 is 20.4 Å². The quantitative estimate of drug-likeness (QED) is 0.167. The molecule has 0 spiro atoms. The number of carbonyl (C=O) groups excluding carboxylic acids is 5. The van der Waals surface area contributed by atoms with Gasteiger partial charge < -0.3 is 25.0 Å². The monoisotopic (exact) mass is 648 g/mol. The summed E-state index contributed by atoms with van der Waals surface area (Å²) < 4.78 is 10.7. The van der Waals surface area contributed by atoms with Gasteiger partial charge in [0.25, 0.3) is 5.91 Å². The zero-order valence-corrected chi connectivity index (χ0v) is 26.9. The van der Waals surface area contributed by atoms with Gasteiger partial charge in [0.2, 0.25) is 0 Å². The second-order valence-corrected chi connectivity index (χ2v) is 11.3. The number of fused-ring (bicyclic) bond motifs is 1. The Hall–Kier alpha value is -5.97. The van der Waals surface area contributed by atoms with Crippen LogP contribution >= 0.6 is 0 Å². The molecule has 1 aliphatic heterocycles. The number of carbonyl (C=O) groups is 5. The average molecular weight is 649 g/mol. The van der Waals surface area contributed by atoms with Crippen molar-refractivity contribution in [1.82, 2.24) is 5.32 Å². The molecule has 0 aromatic heterocycles. The van der Waals surface area contributed by atoms with Crippen molar-refractivity contribution in [2.75, 3.05) is 34.8 Å². The Bertz CT molecular complexity index is 1840. The minimum absolute atomic E-state index is 0.0177. The maximum Gasteiger partial charge on any atom is 0.414 e. The van der Waals surface area contributed by atoms with Crippen molar-refractivity contribution in [1.29, 1.82) is 0 Å². The molecule has 1 atom stereocenters. The van der Waals surface area contributed by atoms with E-state index in [4.69, 9.17) is 9.47 Å². The van der Waals surface area contributed by atoms with E-state index in [-0.39, 0.29) is 43.3 Å². The summed E-state index contributed by atoms with van der Waals surface area (Å²) in [5.41, 5.74) is 3.94. The number of anilines is 3. The fraction of sp³-hybridized carbons (Fsp3) is 0.216. The van der Waals surface area contributed by atoms with Crippen molar-refractivity contribution < 1.29 is 33.4 Å². The van der Waals surface area contributed by atoms with Gasteiger partial charge in [-0.05, 0) is 67.8 Å². The second-order valence-electron chi connectivity index (χ2n) is 11.3. The predicted octanol–water partition coefficient (Wildman–Crippen LogP) is 6.04. The fourth-order valence-electron chi connectivity index (χ4n) is 5.36. The van der Waals surface area contributed by atoms with Crippen LogP contribution in [0.5, 0.6) is 0 Å². The molecular weight excluding hydrogens is 612 g/mol. The van der Waals surface area contributed by atoms with Gasteiger partial charge in [0.05, 0.1) is 36.6 Å². The largest absolute Gasteiger partial charge is 0.462 e. The van der Waals surface area contributed by atoms with E-state index >= 15 is 0 Å². The lowest BCUT2D eigenvalue weighted by molar-refractivity contribution is -0.120. The molecule has 0 fully saturated rings. The van der Waals surface area contributed by atoms with Crippen LogP contribution in [0.1, 0.15) is 44.3 Å². The molecule has 1 heterocycles. The summed E-state index contributed by atoms with van der Waals surface area (Å²) in [4.78, 5) is 69.8. The van der Waals surface area contributed by atoms with Crippen LogP contribution in [0.2, 0.25) is 0 Å². The number of nitrogens with one attached hydrogen (secondary N) is 2. The molecule has 0 aliphatic carbocycles. The predicted molar refractivity (Wildman–Crippen MR) is 181 cm³/mol. The first-order valence-corrected chi connectivity index (χ1v) is 15.5. The maximum atomic E-state index is 14.3. The van der Waals surface area contributed by atoms with E-state index in [0.29, 0.717) is 16.9 Å². The molecule has 0 bridgehead atoms. The van der Waals surface area contributed by atoms with E-state index < -0.39 is 30.0 Å². The number of ketones is 1. The number of benzene rings is 4. The van der Waals surface area contributed by atoms with Crippen molar-refractivity contribution in [2.24, 2.45) is 0 Å². The first kappa shape index (κ1) is 33.4. The van der Waals surface area contributed by atoms with Crippen molar-refractivity contribution in [2.45, 2.75) is 33.4 Å². The molecule has 4 aromatic carbocycles. The zero-order chi connectivity index (χ0) is 34.2. The number of nitrogens with zero attached hydrogens (tertiary/aromatic N) is 2. The molecule has 0 saturated heterocycles. The summed E-state index contributed by atoms with van der Waals surface area (Å²) in [6, 6.07) is 25.5. The molecule has 0 saturated carbocycles. The van der Waals surface area contributed by atoms with Gasteiger partial charge in [0, 0.05) is 11.3 Å². The number of esters is 1. The van der Waals surface area contributed by atoms with Crippen LogP contribution in [-0.4, -0.2) is 55.5 Å². The van der Waals surface area contributed by atoms with Gasteiger partial charge in [0.15, 0.2) is 5.78 Å². The van der Waals surface area contributed by atoms with Crippen LogP contribution in [0.3, 0.4) is 0 Å². The highest BCUT2D eigenvalue weighted by atomic mass is 16.6. The van der Waals surface area contributed by atoms with Crippen LogP contribution in [0.25, 0.3) is 0 Å². The van der Waals surface area contributed by atoms with E-state index in [1.165, 1.54) is 15.9 Å². The number of hydrogen-bond donors (Lipinski definition) is 2. The summed E-state index contributed by atoms with van der Waals surface area (Å²) in [6.07, 6.45) is -0.738. The molecule has 11 heteroatoms. The zero-order valence-electron chi connectivity index (χ0n) is 26.9. The standard InChI is InChI=1S/C37H36N4O7/c1-4-47-35(44)27-14-10-15-28(20-27)38-36(45)39-30-21-41(37(46)48-23-26-12-6-5-7-13-26)31-18-17-24(2)19-32(31)40(34(30)43)22-33(42)29-16-9-8-11-25(29)3/h5-20,30H,4,21-23H2,1-3H3,(H2,38,39,45). The summed E-state index contributed by atoms with van der Waals surface area (Å²) in [5.74, 6) is -1.46. The Morgan fingerprint density at radius 3 is 2.33 bits per heavy atom. The molecule has 5 rings (SSSR count). The molecule has 11 nitrogen and oxygen atoms in total. The Labute approximate surface area is 278 Å². The molecular formula is C37H36N4O7. The van der Waals surface area contributed by atoms with E-state index in [0.717, 1.165) is 16.7 Å². The number of Topliss-reactive ketones (excluding diaryl/α,β-unsaturated/α-hetero) is 1. The Morgan fingerprint density at radius 2 is 1.58 bits per heavy atom. The van der Waals surface area contributed by atoms with Gasteiger partial charge in [-0.2, -0.15) is 0 Å². The van der Waals surface area contributed by atoms with Crippen LogP contribution in [0.15, 0.2) is 97.1 Å². The van der Waals surface area contributed by atoms with Gasteiger partial charge in [-0.25, -0.2) is 14.4 Å². The lowest BCUT2D eigenvalue weighted by Gasteiger charge is -2.25. The van der Waals surface area contributed by atoms with Crippen LogP contribution in [0.4, 0.5) is 26.7 Å². The van der Waals surface area contributed by atoms with Gasteiger partial charge in [0.1, 0.15) is 12.6 Å². The minimum Gasteiger partial charge on any atom is -0.462 e.